The summed E-state index contributed by atoms with van der Waals surface area (Å²) >= 11 is 9.25. The van der Waals surface area contributed by atoms with Gasteiger partial charge >= 0.3 is 0 Å². The van der Waals surface area contributed by atoms with E-state index in [0.29, 0.717) is 57.1 Å². The molecule has 1 saturated carbocycles. The van der Waals surface area contributed by atoms with Crippen molar-refractivity contribution in [3.05, 3.63) is 45.9 Å². The standard InChI is InChI=1S/C25H25BrClFN4O3/c1-13(33)32-9-15-5-14(6-16(15)10-32)11-35-22-8-20-17(7-21(22)34-2)25(30-12-29-20)31-19-4-3-18(26)23(27)24(19)28/h3-4,7-8,12,14-16H,5-6,9-11H2,1-2H3,(H,29,30,31)/t14-,15+,16-. The number of carbonyl (C=O) groups excluding carboxylic acids is 1. The van der Waals surface area contributed by atoms with Crippen molar-refractivity contribution in [1.29, 1.82) is 0 Å². The number of methoxy groups -OCH3 is 1. The Balaban J connectivity index is 1.33. The van der Waals surface area contributed by atoms with Crippen LogP contribution in [0.4, 0.5) is 15.9 Å². The molecule has 10 heteroatoms. The Morgan fingerprint density at radius 3 is 2.66 bits per heavy atom. The van der Waals surface area contributed by atoms with Gasteiger partial charge in [-0.15, -0.1) is 0 Å². The third kappa shape index (κ3) is 4.76. The average molecular weight is 564 g/mol. The SMILES string of the molecule is COc1cc2c(Nc3ccc(Br)c(Cl)c3F)ncnc2cc1OC[C@H]1C[C@@H]2CN(C(C)=O)C[C@@H]2C1. The van der Waals surface area contributed by atoms with E-state index in [2.05, 4.69) is 31.2 Å². The fourth-order valence-corrected chi connectivity index (χ4v) is 5.68. The third-order valence-corrected chi connectivity index (χ3v) is 8.24. The number of likely N-dealkylation sites (tertiary alicyclic amines) is 1. The third-order valence-electron chi connectivity index (χ3n) is 6.98. The predicted octanol–water partition coefficient (Wildman–Crippen LogP) is 5.82. The smallest absolute Gasteiger partial charge is 0.219 e. The van der Waals surface area contributed by atoms with Crippen LogP contribution in [0.5, 0.6) is 11.5 Å². The maximum atomic E-state index is 14.6. The summed E-state index contributed by atoms with van der Waals surface area (Å²) in [6.07, 6.45) is 3.53. The Morgan fingerprint density at radius 2 is 1.97 bits per heavy atom. The van der Waals surface area contributed by atoms with Gasteiger partial charge in [-0.1, -0.05) is 11.6 Å². The Morgan fingerprint density at radius 1 is 1.23 bits per heavy atom. The van der Waals surface area contributed by atoms with E-state index in [1.807, 2.05) is 11.0 Å². The van der Waals surface area contributed by atoms with Crippen LogP contribution in [-0.4, -0.2) is 47.6 Å². The molecule has 2 heterocycles. The molecule has 1 saturated heterocycles. The van der Waals surface area contributed by atoms with Crippen molar-refractivity contribution in [3.8, 4) is 11.5 Å². The van der Waals surface area contributed by atoms with Gasteiger partial charge in [-0.25, -0.2) is 14.4 Å². The van der Waals surface area contributed by atoms with E-state index in [1.165, 1.54) is 6.33 Å². The van der Waals surface area contributed by atoms with Crippen LogP contribution in [0, 0.1) is 23.6 Å². The van der Waals surface area contributed by atoms with Gasteiger partial charge in [0, 0.05) is 35.9 Å². The lowest BCUT2D eigenvalue weighted by molar-refractivity contribution is -0.128. The van der Waals surface area contributed by atoms with Crippen molar-refractivity contribution in [3.63, 3.8) is 0 Å². The summed E-state index contributed by atoms with van der Waals surface area (Å²) < 4.78 is 26.9. The lowest BCUT2D eigenvalue weighted by Crippen LogP contribution is -2.27. The molecule has 0 unspecified atom stereocenters. The van der Waals surface area contributed by atoms with Gasteiger partial charge in [0.25, 0.3) is 0 Å². The minimum absolute atomic E-state index is 0.00770. The summed E-state index contributed by atoms with van der Waals surface area (Å²) in [7, 11) is 1.58. The van der Waals surface area contributed by atoms with Crippen LogP contribution in [0.2, 0.25) is 5.02 Å². The second-order valence-electron chi connectivity index (χ2n) is 9.18. The number of amides is 1. The maximum absolute atomic E-state index is 14.6. The number of ether oxygens (including phenoxy) is 2. The van der Waals surface area contributed by atoms with Gasteiger partial charge in [0.2, 0.25) is 5.91 Å². The van der Waals surface area contributed by atoms with Crippen LogP contribution >= 0.6 is 27.5 Å². The number of nitrogens with one attached hydrogen (secondary N) is 1. The van der Waals surface area contributed by atoms with Crippen LogP contribution in [0.15, 0.2) is 35.1 Å². The van der Waals surface area contributed by atoms with E-state index in [9.17, 15) is 9.18 Å². The van der Waals surface area contributed by atoms with Crippen molar-refractivity contribution < 1.29 is 18.7 Å². The minimum atomic E-state index is -0.576. The van der Waals surface area contributed by atoms with Gasteiger partial charge in [0.05, 0.1) is 29.9 Å². The Kier molecular flexibility index (Phi) is 6.72. The number of rotatable bonds is 6. The maximum Gasteiger partial charge on any atom is 0.219 e. The van der Waals surface area contributed by atoms with Crippen molar-refractivity contribution >= 4 is 55.8 Å². The van der Waals surface area contributed by atoms with Crippen LogP contribution in [0.1, 0.15) is 19.8 Å². The topological polar surface area (TPSA) is 76.6 Å². The first-order chi connectivity index (χ1) is 16.8. The molecule has 0 bridgehead atoms. The van der Waals surface area contributed by atoms with E-state index in [1.54, 1.807) is 32.2 Å². The highest BCUT2D eigenvalue weighted by molar-refractivity contribution is 9.10. The van der Waals surface area contributed by atoms with Gasteiger partial charge < -0.3 is 19.7 Å². The summed E-state index contributed by atoms with van der Waals surface area (Å²) in [6, 6.07) is 6.86. The van der Waals surface area contributed by atoms with E-state index in [0.717, 1.165) is 25.9 Å². The zero-order chi connectivity index (χ0) is 24.7. The Labute approximate surface area is 216 Å². The number of nitrogens with zero attached hydrogens (tertiary/aromatic N) is 3. The quantitative estimate of drug-likeness (QED) is 0.381. The number of hydrogen-bond donors (Lipinski definition) is 1. The van der Waals surface area contributed by atoms with Gasteiger partial charge in [-0.2, -0.15) is 0 Å². The molecule has 0 spiro atoms. The highest BCUT2D eigenvalue weighted by Gasteiger charge is 2.41. The first-order valence-electron chi connectivity index (χ1n) is 11.5. The van der Waals surface area contributed by atoms with Crippen LogP contribution < -0.4 is 14.8 Å². The Hall–Kier alpha value is -2.65. The normalized spacial score (nSPS) is 21.3. The number of halogens is 3. The lowest BCUT2D eigenvalue weighted by atomic mass is 10.0. The van der Waals surface area contributed by atoms with E-state index < -0.39 is 5.82 Å². The molecule has 1 aliphatic carbocycles. The number of fused-ring (bicyclic) bond motifs is 2. The molecule has 5 rings (SSSR count). The van der Waals surface area contributed by atoms with Gasteiger partial charge in [-0.3, -0.25) is 4.79 Å². The molecule has 3 atom stereocenters. The molecule has 1 amide bonds. The monoisotopic (exact) mass is 562 g/mol. The first kappa shape index (κ1) is 24.1. The van der Waals surface area contributed by atoms with Crippen molar-refractivity contribution in [1.82, 2.24) is 14.9 Å². The molecule has 3 aromatic rings. The molecule has 0 radical (unpaired) electrons. The number of benzene rings is 2. The van der Waals surface area contributed by atoms with Crippen molar-refractivity contribution in [2.45, 2.75) is 19.8 Å². The molecule has 2 aromatic carbocycles. The molecule has 2 aliphatic rings. The average Bonchev–Trinajstić information content (AvgIpc) is 3.42. The molecule has 2 fully saturated rings. The molecular weight excluding hydrogens is 539 g/mol. The fraction of sp³-hybridized carbons (Fsp3) is 0.400. The number of anilines is 2. The largest absolute Gasteiger partial charge is 0.493 e. The fourth-order valence-electron chi connectivity index (χ4n) is 5.21. The van der Waals surface area contributed by atoms with Crippen LogP contribution in [0.25, 0.3) is 10.9 Å². The van der Waals surface area contributed by atoms with E-state index in [4.69, 9.17) is 21.1 Å². The van der Waals surface area contributed by atoms with Gasteiger partial charge in [0.1, 0.15) is 12.1 Å². The number of carbonyl (C=O) groups is 1. The molecule has 7 nitrogen and oxygen atoms in total. The second kappa shape index (κ2) is 9.78. The van der Waals surface area contributed by atoms with E-state index >= 15 is 0 Å². The van der Waals surface area contributed by atoms with Gasteiger partial charge in [0.15, 0.2) is 17.3 Å². The lowest BCUT2D eigenvalue weighted by Gasteiger charge is -2.19. The van der Waals surface area contributed by atoms with Crippen molar-refractivity contribution in [2.75, 3.05) is 32.1 Å². The van der Waals surface area contributed by atoms with Crippen LogP contribution in [0.3, 0.4) is 0 Å². The predicted molar refractivity (Wildman–Crippen MR) is 136 cm³/mol. The second-order valence-corrected chi connectivity index (χ2v) is 10.4. The first-order valence-corrected chi connectivity index (χ1v) is 12.6. The number of hydrogen-bond acceptors (Lipinski definition) is 6. The summed E-state index contributed by atoms with van der Waals surface area (Å²) in [5, 5.41) is 3.66. The molecule has 1 N–H and O–H groups in total. The Bertz CT molecular complexity index is 1280. The van der Waals surface area contributed by atoms with Gasteiger partial charge in [-0.05, 0) is 64.7 Å². The van der Waals surface area contributed by atoms with E-state index in [-0.39, 0.29) is 16.6 Å². The summed E-state index contributed by atoms with van der Waals surface area (Å²) in [4.78, 5) is 22.3. The summed E-state index contributed by atoms with van der Waals surface area (Å²) in [5.41, 5.74) is 0.843. The zero-order valence-corrected chi connectivity index (χ0v) is 21.7. The summed E-state index contributed by atoms with van der Waals surface area (Å²) in [5.74, 6) is 2.71. The highest BCUT2D eigenvalue weighted by Crippen LogP contribution is 2.43. The highest BCUT2D eigenvalue weighted by atomic mass is 79.9. The van der Waals surface area contributed by atoms with Crippen LogP contribution in [-0.2, 0) is 4.79 Å². The molecule has 184 valence electrons. The molecular formula is C25H25BrClFN4O3. The molecule has 35 heavy (non-hydrogen) atoms. The zero-order valence-electron chi connectivity index (χ0n) is 19.4. The minimum Gasteiger partial charge on any atom is -0.493 e. The number of aromatic nitrogens is 2. The van der Waals surface area contributed by atoms with Crippen molar-refractivity contribution in [2.24, 2.45) is 17.8 Å². The molecule has 1 aromatic heterocycles. The molecule has 1 aliphatic heterocycles. The summed E-state index contributed by atoms with van der Waals surface area (Å²) in [6.45, 7) is 3.93.